The minimum atomic E-state index is 0. The van der Waals surface area contributed by atoms with Crippen LogP contribution >= 0.6 is 24.0 Å². The van der Waals surface area contributed by atoms with Gasteiger partial charge in [0.05, 0.1) is 12.2 Å². The fourth-order valence-corrected chi connectivity index (χ4v) is 3.43. The van der Waals surface area contributed by atoms with Crippen LogP contribution in [0.3, 0.4) is 0 Å². The molecule has 0 aliphatic carbocycles. The molecule has 30 heavy (non-hydrogen) atoms. The minimum absolute atomic E-state index is 0. The van der Waals surface area contributed by atoms with Gasteiger partial charge in [-0.2, -0.15) is 0 Å². The van der Waals surface area contributed by atoms with Crippen LogP contribution in [0.25, 0.3) is 0 Å². The van der Waals surface area contributed by atoms with E-state index in [9.17, 15) is 0 Å². The third-order valence-electron chi connectivity index (χ3n) is 5.39. The highest BCUT2D eigenvalue weighted by molar-refractivity contribution is 14.0. The summed E-state index contributed by atoms with van der Waals surface area (Å²) in [5, 5.41) is 10.9. The van der Waals surface area contributed by atoms with E-state index in [1.54, 1.807) is 7.05 Å². The van der Waals surface area contributed by atoms with Gasteiger partial charge in [-0.1, -0.05) is 57.1 Å². The Morgan fingerprint density at radius 1 is 1.03 bits per heavy atom. The Morgan fingerprint density at radius 2 is 1.70 bits per heavy atom. The quantitative estimate of drug-likeness (QED) is 0.247. The second kappa shape index (κ2) is 14.4. The topological polar surface area (TPSA) is 65.7 Å². The average Bonchev–Trinajstić information content (AvgIpc) is 3.22. The number of guanidine groups is 1. The number of aromatic nitrogens is 1. The standard InChI is InChI=1S/C23H37N5O.HI/c1-6-20(7-2)22-14-21(29-27-22)16-26-23(24-5)25-15-18-11-10-12-19(13-18)17-28(8-3)9-4;/h10-14,20H,6-9,15-17H2,1-5H3,(H2,24,25,26);1H. The van der Waals surface area contributed by atoms with Crippen molar-refractivity contribution in [2.24, 2.45) is 4.99 Å². The second-order valence-corrected chi connectivity index (χ2v) is 7.29. The van der Waals surface area contributed by atoms with Gasteiger partial charge in [0.15, 0.2) is 11.7 Å². The van der Waals surface area contributed by atoms with E-state index in [0.29, 0.717) is 12.5 Å². The van der Waals surface area contributed by atoms with E-state index in [4.69, 9.17) is 4.52 Å². The minimum Gasteiger partial charge on any atom is -0.359 e. The first-order valence-corrected chi connectivity index (χ1v) is 10.8. The highest BCUT2D eigenvalue weighted by Crippen LogP contribution is 2.22. The Balaban J connectivity index is 0.00000450. The summed E-state index contributed by atoms with van der Waals surface area (Å²) in [6.07, 6.45) is 2.15. The highest BCUT2D eigenvalue weighted by Gasteiger charge is 2.13. The summed E-state index contributed by atoms with van der Waals surface area (Å²) >= 11 is 0. The molecule has 0 spiro atoms. The van der Waals surface area contributed by atoms with E-state index >= 15 is 0 Å². The molecule has 0 radical (unpaired) electrons. The molecular weight excluding hydrogens is 489 g/mol. The Labute approximate surface area is 198 Å². The maximum atomic E-state index is 5.48. The predicted octanol–water partition coefficient (Wildman–Crippen LogP) is 4.90. The van der Waals surface area contributed by atoms with E-state index in [2.05, 4.69) is 83.7 Å². The summed E-state index contributed by atoms with van der Waals surface area (Å²) in [6, 6.07) is 10.8. The summed E-state index contributed by atoms with van der Waals surface area (Å²) in [4.78, 5) is 6.73. The molecule has 7 heteroatoms. The number of halogens is 1. The number of aliphatic imine (C=N–C) groups is 1. The maximum absolute atomic E-state index is 5.48. The van der Waals surface area contributed by atoms with E-state index in [-0.39, 0.29) is 24.0 Å². The summed E-state index contributed by atoms with van der Waals surface area (Å²) in [5.74, 6) is 2.05. The normalized spacial score (nSPS) is 11.6. The molecule has 2 aromatic rings. The van der Waals surface area contributed by atoms with Crippen LogP contribution in [0.4, 0.5) is 0 Å². The predicted molar refractivity (Wildman–Crippen MR) is 135 cm³/mol. The van der Waals surface area contributed by atoms with Gasteiger partial charge in [-0.25, -0.2) is 0 Å². The fraction of sp³-hybridized carbons (Fsp3) is 0.565. The van der Waals surface area contributed by atoms with Crippen LogP contribution in [0, 0.1) is 0 Å². The lowest BCUT2D eigenvalue weighted by Crippen LogP contribution is -2.36. The van der Waals surface area contributed by atoms with Crippen molar-refractivity contribution >= 4 is 29.9 Å². The monoisotopic (exact) mass is 527 g/mol. The van der Waals surface area contributed by atoms with Crippen LogP contribution in [-0.4, -0.2) is 36.2 Å². The summed E-state index contributed by atoms with van der Waals surface area (Å²) < 4.78 is 5.48. The Bertz CT molecular complexity index is 754. The van der Waals surface area contributed by atoms with Gasteiger partial charge in [-0.3, -0.25) is 9.89 Å². The molecule has 1 heterocycles. The van der Waals surface area contributed by atoms with Crippen molar-refractivity contribution < 1.29 is 4.52 Å². The fourth-order valence-electron chi connectivity index (χ4n) is 3.43. The first kappa shape index (κ1) is 26.4. The van der Waals surface area contributed by atoms with Crippen LogP contribution in [-0.2, 0) is 19.6 Å². The lowest BCUT2D eigenvalue weighted by molar-refractivity contribution is 0.296. The van der Waals surface area contributed by atoms with Crippen molar-refractivity contribution in [2.75, 3.05) is 20.1 Å². The van der Waals surface area contributed by atoms with Gasteiger partial charge in [0, 0.05) is 32.1 Å². The van der Waals surface area contributed by atoms with Crippen molar-refractivity contribution in [3.05, 3.63) is 52.9 Å². The summed E-state index contributed by atoms with van der Waals surface area (Å²) in [5.41, 5.74) is 3.62. The molecule has 168 valence electrons. The van der Waals surface area contributed by atoms with Crippen LogP contribution in [0.2, 0.25) is 0 Å². The molecule has 1 aromatic carbocycles. The number of rotatable bonds is 11. The Morgan fingerprint density at radius 3 is 2.33 bits per heavy atom. The molecule has 1 aromatic heterocycles. The molecule has 6 nitrogen and oxygen atoms in total. The van der Waals surface area contributed by atoms with Gasteiger partial charge in [0.2, 0.25) is 0 Å². The third-order valence-corrected chi connectivity index (χ3v) is 5.39. The molecule has 0 aliphatic heterocycles. The largest absolute Gasteiger partial charge is 0.359 e. The number of benzene rings is 1. The SMILES string of the molecule is CCC(CC)c1cc(CNC(=NC)NCc2cccc(CN(CC)CC)c2)on1.I. The summed E-state index contributed by atoms with van der Waals surface area (Å²) in [7, 11) is 1.78. The van der Waals surface area contributed by atoms with E-state index in [1.807, 2.05) is 0 Å². The molecular formula is C23H38IN5O. The second-order valence-electron chi connectivity index (χ2n) is 7.29. The number of hydrogen-bond acceptors (Lipinski definition) is 4. The molecule has 0 aliphatic rings. The first-order valence-electron chi connectivity index (χ1n) is 10.8. The third kappa shape index (κ3) is 8.26. The molecule has 0 unspecified atom stereocenters. The van der Waals surface area contributed by atoms with E-state index < -0.39 is 0 Å². The number of nitrogens with zero attached hydrogens (tertiary/aromatic N) is 3. The van der Waals surface area contributed by atoms with Crippen molar-refractivity contribution in [3.8, 4) is 0 Å². The van der Waals surface area contributed by atoms with Crippen molar-refractivity contribution in [1.29, 1.82) is 0 Å². The molecule has 0 atom stereocenters. The van der Waals surface area contributed by atoms with Crippen molar-refractivity contribution in [2.45, 2.75) is 66.1 Å². The Kier molecular flexibility index (Phi) is 12.7. The van der Waals surface area contributed by atoms with Gasteiger partial charge in [-0.05, 0) is 37.1 Å². The highest BCUT2D eigenvalue weighted by atomic mass is 127. The van der Waals surface area contributed by atoms with Gasteiger partial charge in [-0.15, -0.1) is 24.0 Å². The zero-order valence-electron chi connectivity index (χ0n) is 19.1. The maximum Gasteiger partial charge on any atom is 0.191 e. The van der Waals surface area contributed by atoms with Crippen LogP contribution in [0.5, 0.6) is 0 Å². The molecule has 0 saturated carbocycles. The van der Waals surface area contributed by atoms with Crippen LogP contribution in [0.1, 0.15) is 69.0 Å². The molecule has 0 fully saturated rings. The number of hydrogen-bond donors (Lipinski definition) is 2. The van der Waals surface area contributed by atoms with Gasteiger partial charge >= 0.3 is 0 Å². The van der Waals surface area contributed by atoms with Gasteiger partial charge in [0.25, 0.3) is 0 Å². The zero-order valence-corrected chi connectivity index (χ0v) is 21.4. The molecule has 2 rings (SSSR count). The van der Waals surface area contributed by atoms with Crippen LogP contribution < -0.4 is 10.6 Å². The average molecular weight is 527 g/mol. The van der Waals surface area contributed by atoms with Gasteiger partial charge in [0.1, 0.15) is 0 Å². The smallest absolute Gasteiger partial charge is 0.191 e. The molecule has 0 bridgehead atoms. The van der Waals surface area contributed by atoms with Crippen molar-refractivity contribution in [3.63, 3.8) is 0 Å². The molecule has 2 N–H and O–H groups in total. The summed E-state index contributed by atoms with van der Waals surface area (Å²) in [6.45, 7) is 13.2. The lowest BCUT2D eigenvalue weighted by Gasteiger charge is -2.18. The van der Waals surface area contributed by atoms with Gasteiger partial charge < -0.3 is 15.2 Å². The van der Waals surface area contributed by atoms with E-state index in [0.717, 1.165) is 56.4 Å². The zero-order chi connectivity index (χ0) is 21.1. The number of nitrogens with one attached hydrogen (secondary N) is 2. The van der Waals surface area contributed by atoms with Crippen LogP contribution in [0.15, 0.2) is 39.8 Å². The molecule has 0 amide bonds. The lowest BCUT2D eigenvalue weighted by atomic mass is 9.99. The molecule has 0 saturated heterocycles. The van der Waals surface area contributed by atoms with Crippen molar-refractivity contribution in [1.82, 2.24) is 20.7 Å². The van der Waals surface area contributed by atoms with E-state index in [1.165, 1.54) is 11.1 Å². The Hall–Kier alpha value is -1.61. The first-order chi connectivity index (χ1) is 14.1.